The van der Waals surface area contributed by atoms with Crippen molar-refractivity contribution in [3.63, 3.8) is 0 Å². The highest BCUT2D eigenvalue weighted by molar-refractivity contribution is 5.88. The molecule has 0 amide bonds. The number of hydrogen-bond acceptors (Lipinski definition) is 5. The van der Waals surface area contributed by atoms with E-state index in [1.165, 1.54) is 24.1 Å². The Bertz CT molecular complexity index is 1170. The molecule has 4 heterocycles. The van der Waals surface area contributed by atoms with Crippen LogP contribution in [0, 0.1) is 17.7 Å². The van der Waals surface area contributed by atoms with Gasteiger partial charge in [-0.15, -0.1) is 0 Å². The summed E-state index contributed by atoms with van der Waals surface area (Å²) in [5, 5.41) is 4.85. The molecular formula is C25H30FN5O. The summed E-state index contributed by atoms with van der Waals surface area (Å²) in [5.74, 6) is 2.63. The van der Waals surface area contributed by atoms with E-state index in [-0.39, 0.29) is 13.3 Å². The molecule has 7 rings (SSSR count). The first-order valence-corrected chi connectivity index (χ1v) is 11.9. The number of halogens is 1. The minimum absolute atomic E-state index is 0. The number of anilines is 1. The van der Waals surface area contributed by atoms with Crippen molar-refractivity contribution in [1.82, 2.24) is 19.9 Å². The van der Waals surface area contributed by atoms with Crippen LogP contribution in [0.25, 0.3) is 11.0 Å². The number of rotatable bonds is 4. The first-order valence-electron chi connectivity index (χ1n) is 11.9. The van der Waals surface area contributed by atoms with Crippen molar-refractivity contribution in [2.24, 2.45) is 11.8 Å². The smallest absolute Gasteiger partial charge is 0.143 e. The Morgan fingerprint density at radius 3 is 2.75 bits per heavy atom. The molecule has 7 heteroatoms. The maximum Gasteiger partial charge on any atom is 0.143 e. The van der Waals surface area contributed by atoms with E-state index in [4.69, 9.17) is 4.74 Å². The Morgan fingerprint density at radius 1 is 1.09 bits per heavy atom. The molecule has 3 fully saturated rings. The van der Waals surface area contributed by atoms with Crippen LogP contribution in [0.3, 0.4) is 0 Å². The Kier molecular flexibility index (Phi) is 4.31. The van der Waals surface area contributed by atoms with E-state index in [0.29, 0.717) is 23.8 Å². The van der Waals surface area contributed by atoms with E-state index < -0.39 is 0 Å². The van der Waals surface area contributed by atoms with Gasteiger partial charge in [-0.05, 0) is 60.9 Å². The predicted molar refractivity (Wildman–Crippen MR) is 122 cm³/mol. The van der Waals surface area contributed by atoms with Crippen molar-refractivity contribution in [2.75, 3.05) is 31.6 Å². The maximum absolute atomic E-state index is 14.0. The van der Waals surface area contributed by atoms with E-state index in [0.717, 1.165) is 61.6 Å². The summed E-state index contributed by atoms with van der Waals surface area (Å²) in [7, 11) is 0. The number of likely N-dealkylation sites (tertiary alicyclic amines) is 1. The number of nitrogens with zero attached hydrogens (tertiary/aromatic N) is 3. The summed E-state index contributed by atoms with van der Waals surface area (Å²) < 4.78 is 19.7. The molecule has 0 spiro atoms. The molecule has 1 saturated carbocycles. The number of fused-ring (bicyclic) bond motifs is 3. The second-order valence-corrected chi connectivity index (χ2v) is 10.1. The van der Waals surface area contributed by atoms with Crippen LogP contribution in [0.2, 0.25) is 0 Å². The molecule has 32 heavy (non-hydrogen) atoms. The quantitative estimate of drug-likeness (QED) is 0.641. The predicted octanol–water partition coefficient (Wildman–Crippen LogP) is 4.27. The molecular weight excluding hydrogens is 405 g/mol. The van der Waals surface area contributed by atoms with Gasteiger partial charge in [0.15, 0.2) is 0 Å². The van der Waals surface area contributed by atoms with Gasteiger partial charge >= 0.3 is 0 Å². The molecule has 0 radical (unpaired) electrons. The fourth-order valence-corrected chi connectivity index (χ4v) is 6.17. The summed E-state index contributed by atoms with van der Waals surface area (Å²) in [6.07, 6.45) is 6.05. The van der Waals surface area contributed by atoms with Crippen molar-refractivity contribution in [3.05, 3.63) is 53.2 Å². The van der Waals surface area contributed by atoms with Crippen molar-refractivity contribution < 1.29 is 10.6 Å². The van der Waals surface area contributed by atoms with Gasteiger partial charge in [0.1, 0.15) is 23.6 Å². The van der Waals surface area contributed by atoms with Crippen LogP contribution in [0.4, 0.5) is 10.2 Å². The Hall–Kier alpha value is -2.51. The van der Waals surface area contributed by atoms with Gasteiger partial charge in [-0.3, -0.25) is 4.90 Å². The fraction of sp³-hybridized carbons (Fsp3) is 0.520. The minimum atomic E-state index is -0.155. The van der Waals surface area contributed by atoms with E-state index in [2.05, 4.69) is 31.2 Å². The zero-order valence-electron chi connectivity index (χ0n) is 18.1. The number of aromatic nitrogens is 3. The van der Waals surface area contributed by atoms with Crippen LogP contribution in [0.5, 0.6) is 0 Å². The van der Waals surface area contributed by atoms with Gasteiger partial charge < -0.3 is 15.0 Å². The summed E-state index contributed by atoms with van der Waals surface area (Å²) in [6, 6.07) is 7.92. The lowest BCUT2D eigenvalue weighted by Gasteiger charge is -2.40. The summed E-state index contributed by atoms with van der Waals surface area (Å²) in [4.78, 5) is 15.3. The van der Waals surface area contributed by atoms with Crippen LogP contribution in [0.15, 0.2) is 30.6 Å². The van der Waals surface area contributed by atoms with E-state index in [9.17, 15) is 4.39 Å². The Balaban J connectivity index is 0.00000206. The van der Waals surface area contributed by atoms with Crippen LogP contribution in [0.1, 0.15) is 49.5 Å². The first kappa shape index (κ1) is 19.0. The second kappa shape index (κ2) is 7.25. The van der Waals surface area contributed by atoms with Gasteiger partial charge in [0.05, 0.1) is 24.6 Å². The molecule has 2 aliphatic carbocycles. The zero-order chi connectivity index (χ0) is 21.2. The van der Waals surface area contributed by atoms with Crippen LogP contribution in [-0.4, -0.2) is 52.2 Å². The highest BCUT2D eigenvalue weighted by Crippen LogP contribution is 2.43. The number of hydrogen-bond donors (Lipinski definition) is 2. The van der Waals surface area contributed by atoms with Crippen LogP contribution >= 0.6 is 0 Å². The molecule has 4 aliphatic rings. The third-order valence-electron chi connectivity index (χ3n) is 8.03. The second-order valence-electron chi connectivity index (χ2n) is 10.1. The average Bonchev–Trinajstić information content (AvgIpc) is 3.20. The normalized spacial score (nSPS) is 29.9. The number of nitrogens with one attached hydrogen (secondary N) is 2. The molecule has 2 saturated heterocycles. The average molecular weight is 436 g/mol. The summed E-state index contributed by atoms with van der Waals surface area (Å²) >= 11 is 0. The first-order chi connectivity index (χ1) is 15.7. The summed E-state index contributed by atoms with van der Waals surface area (Å²) in [6.45, 7) is 3.93. The standard InChI is InChI=1S/C25H28FN5O.H2/c26-18-4-5-19-15(7-18)3-6-22(31-9-16-11-32-12-17(16)10-31)23(19)30-25-20-8-21(14-1-2-14)29-24(20)27-13-28-25;/h4-5,7-8,13-14,16-17,22-23H,1-3,6,9-12H2,(H2,27,28,29,30);1H/t16-,17+,22-,23-;/m0./s1. The number of H-pyrrole nitrogens is 1. The Morgan fingerprint density at radius 2 is 1.94 bits per heavy atom. The van der Waals surface area contributed by atoms with E-state index in [1.54, 1.807) is 18.5 Å². The monoisotopic (exact) mass is 435 g/mol. The molecule has 6 nitrogen and oxygen atoms in total. The molecule has 3 aromatic rings. The third kappa shape index (κ3) is 3.13. The van der Waals surface area contributed by atoms with E-state index in [1.807, 2.05) is 6.07 Å². The number of aromatic amines is 1. The lowest BCUT2D eigenvalue weighted by atomic mass is 9.83. The van der Waals surface area contributed by atoms with Gasteiger partial charge in [-0.2, -0.15) is 0 Å². The maximum atomic E-state index is 14.0. The van der Waals surface area contributed by atoms with Gasteiger partial charge in [0, 0.05) is 38.1 Å². The molecule has 1 aromatic carbocycles. The Labute approximate surface area is 188 Å². The number of benzene rings is 1. The van der Waals surface area contributed by atoms with Gasteiger partial charge in [-0.1, -0.05) is 6.07 Å². The molecule has 168 valence electrons. The minimum Gasteiger partial charge on any atom is -0.381 e. The fourth-order valence-electron chi connectivity index (χ4n) is 6.17. The van der Waals surface area contributed by atoms with Gasteiger partial charge in [-0.25, -0.2) is 14.4 Å². The largest absolute Gasteiger partial charge is 0.381 e. The van der Waals surface area contributed by atoms with Gasteiger partial charge in [0.25, 0.3) is 0 Å². The van der Waals surface area contributed by atoms with Crippen molar-refractivity contribution >= 4 is 16.9 Å². The van der Waals surface area contributed by atoms with Crippen LogP contribution in [-0.2, 0) is 11.2 Å². The molecule has 2 aliphatic heterocycles. The lowest BCUT2D eigenvalue weighted by molar-refractivity contribution is 0.127. The van der Waals surface area contributed by atoms with E-state index >= 15 is 0 Å². The van der Waals surface area contributed by atoms with Crippen molar-refractivity contribution in [3.8, 4) is 0 Å². The lowest BCUT2D eigenvalue weighted by Crippen LogP contribution is -2.44. The van der Waals surface area contributed by atoms with Crippen LogP contribution < -0.4 is 5.32 Å². The number of ether oxygens (including phenoxy) is 1. The highest BCUT2D eigenvalue weighted by atomic mass is 19.1. The summed E-state index contributed by atoms with van der Waals surface area (Å²) in [5.41, 5.74) is 4.46. The number of aryl methyl sites for hydroxylation is 1. The van der Waals surface area contributed by atoms with Crippen molar-refractivity contribution in [2.45, 2.75) is 43.7 Å². The topological polar surface area (TPSA) is 66.1 Å². The SMILES string of the molecule is Fc1ccc2c(c1)CC[C@H](N1C[C@H]3COC[C@H]3C1)[C@H]2Nc1ncnc2[nH]c(C3CC3)cc12.[HH]. The molecule has 2 aromatic heterocycles. The van der Waals surface area contributed by atoms with Gasteiger partial charge in [0.2, 0.25) is 0 Å². The molecule has 0 bridgehead atoms. The highest BCUT2D eigenvalue weighted by Gasteiger charge is 2.43. The molecule has 2 N–H and O–H groups in total. The van der Waals surface area contributed by atoms with Crippen molar-refractivity contribution in [1.29, 1.82) is 0 Å². The molecule has 0 unspecified atom stereocenters. The molecule has 4 atom stereocenters. The third-order valence-corrected chi connectivity index (χ3v) is 8.03. The zero-order valence-corrected chi connectivity index (χ0v) is 18.1.